The number of allylic oxidation sites excluding steroid dienone is 4. The summed E-state index contributed by atoms with van der Waals surface area (Å²) in [6.45, 7) is 0. The molecule has 0 N–H and O–H groups in total. The van der Waals surface area contributed by atoms with Crippen LogP contribution in [0.25, 0.3) is 0 Å². The molecule has 0 radical (unpaired) electrons. The molecule has 5 nitrogen and oxygen atoms in total. The summed E-state index contributed by atoms with van der Waals surface area (Å²) < 4.78 is 0. The van der Waals surface area contributed by atoms with E-state index < -0.39 is 16.4 Å². The average Bonchev–Trinajstić information content (AvgIpc) is 2.03. The van der Waals surface area contributed by atoms with Gasteiger partial charge in [-0.2, -0.15) is 0 Å². The van der Waals surface area contributed by atoms with Crippen molar-refractivity contribution < 1.29 is 14.5 Å². The van der Waals surface area contributed by atoms with Gasteiger partial charge < -0.3 is 0 Å². The molecule has 5 heteroatoms. The van der Waals surface area contributed by atoms with Crippen molar-refractivity contribution in [3.05, 3.63) is 33.5 Å². The monoisotopic (exact) mass is 167 g/mol. The van der Waals surface area contributed by atoms with Crippen molar-refractivity contribution in [1.82, 2.24) is 0 Å². The third kappa shape index (κ3) is 1.29. The van der Waals surface area contributed by atoms with Gasteiger partial charge in [0.05, 0.1) is 10.5 Å². The minimum absolute atomic E-state index is 0.00630. The molecule has 1 aliphatic rings. The smallest absolute Gasteiger partial charge is 0.298 e. The van der Waals surface area contributed by atoms with Crippen LogP contribution in [-0.4, -0.2) is 17.0 Å². The van der Waals surface area contributed by atoms with Gasteiger partial charge in [0.15, 0.2) is 6.29 Å². The van der Waals surface area contributed by atoms with E-state index in [1.807, 2.05) is 0 Å². The van der Waals surface area contributed by atoms with E-state index in [-0.39, 0.29) is 12.0 Å². The van der Waals surface area contributed by atoms with Crippen LogP contribution >= 0.6 is 0 Å². The fourth-order valence-corrected chi connectivity index (χ4v) is 0.932. The number of hydrogen-bond donors (Lipinski definition) is 0. The molecule has 0 heterocycles. The van der Waals surface area contributed by atoms with Crippen molar-refractivity contribution >= 4 is 12.1 Å². The van der Waals surface area contributed by atoms with Crippen molar-refractivity contribution in [2.75, 3.05) is 0 Å². The molecule has 0 aromatic rings. The van der Waals surface area contributed by atoms with Crippen LogP contribution < -0.4 is 0 Å². The number of nitrogens with zero attached hydrogens (tertiary/aromatic N) is 1. The third-order valence-corrected chi connectivity index (χ3v) is 1.45. The zero-order chi connectivity index (χ0) is 9.14. The first-order chi connectivity index (χ1) is 5.66. The molecule has 0 amide bonds. The Morgan fingerprint density at radius 1 is 1.58 bits per heavy atom. The summed E-state index contributed by atoms with van der Waals surface area (Å²) >= 11 is 0. The second-order valence-electron chi connectivity index (χ2n) is 2.21. The van der Waals surface area contributed by atoms with Gasteiger partial charge in [0, 0.05) is 6.42 Å². The zero-order valence-electron chi connectivity index (χ0n) is 6.02. The lowest BCUT2D eigenvalue weighted by molar-refractivity contribution is -0.419. The summed E-state index contributed by atoms with van der Waals surface area (Å²) in [6, 6.07) is 0. The van der Waals surface area contributed by atoms with Gasteiger partial charge in [-0.05, 0) is 6.08 Å². The number of Topliss-reactive ketones (excluding diaryl/α,β-unsaturated/α-hetero) is 1. The maximum Gasteiger partial charge on any atom is 0.322 e. The van der Waals surface area contributed by atoms with E-state index >= 15 is 0 Å². The van der Waals surface area contributed by atoms with E-state index in [0.717, 1.165) is 0 Å². The normalized spacial score (nSPS) is 16.5. The molecule has 1 rings (SSSR count). The van der Waals surface area contributed by atoms with Crippen molar-refractivity contribution in [1.29, 1.82) is 0 Å². The van der Waals surface area contributed by atoms with Gasteiger partial charge in [-0.25, -0.2) is 0 Å². The van der Waals surface area contributed by atoms with Crippen LogP contribution in [-0.2, 0) is 9.59 Å². The van der Waals surface area contributed by atoms with E-state index in [1.54, 1.807) is 0 Å². The molecule has 0 fully saturated rings. The summed E-state index contributed by atoms with van der Waals surface area (Å²) in [5.74, 6) is -0.621. The highest BCUT2D eigenvalue weighted by molar-refractivity contribution is 6.01. The average molecular weight is 167 g/mol. The van der Waals surface area contributed by atoms with Gasteiger partial charge in [-0.1, -0.05) is 6.08 Å². The van der Waals surface area contributed by atoms with Gasteiger partial charge in [-0.15, -0.1) is 0 Å². The van der Waals surface area contributed by atoms with E-state index in [4.69, 9.17) is 0 Å². The second-order valence-corrected chi connectivity index (χ2v) is 2.21. The van der Waals surface area contributed by atoms with Crippen molar-refractivity contribution in [3.63, 3.8) is 0 Å². The van der Waals surface area contributed by atoms with Gasteiger partial charge >= 0.3 is 5.70 Å². The highest BCUT2D eigenvalue weighted by Gasteiger charge is 2.27. The highest BCUT2D eigenvalue weighted by Crippen LogP contribution is 2.14. The number of hydrogen-bond acceptors (Lipinski definition) is 4. The van der Waals surface area contributed by atoms with Crippen molar-refractivity contribution in [2.24, 2.45) is 0 Å². The molecule has 62 valence electrons. The molecule has 1 aliphatic carbocycles. The van der Waals surface area contributed by atoms with E-state index in [2.05, 4.69) is 0 Å². The second kappa shape index (κ2) is 3.08. The van der Waals surface area contributed by atoms with E-state index in [0.29, 0.717) is 6.29 Å². The Hall–Kier alpha value is -1.78. The lowest BCUT2D eigenvalue weighted by atomic mass is 10.0. The predicted molar refractivity (Wildman–Crippen MR) is 38.8 cm³/mol. The lowest BCUT2D eigenvalue weighted by Crippen LogP contribution is -2.16. The van der Waals surface area contributed by atoms with Gasteiger partial charge in [0.1, 0.15) is 0 Å². The molecule has 0 atom stereocenters. The summed E-state index contributed by atoms with van der Waals surface area (Å²) in [7, 11) is 0. The predicted octanol–water partition coefficient (Wildman–Crippen LogP) is 0.245. The van der Waals surface area contributed by atoms with Crippen LogP contribution in [0.2, 0.25) is 0 Å². The fraction of sp³-hybridized carbons (Fsp3) is 0.143. The molecular formula is C7H5NO4. The molecule has 12 heavy (non-hydrogen) atoms. The maximum absolute atomic E-state index is 10.9. The summed E-state index contributed by atoms with van der Waals surface area (Å²) in [6.07, 6.45) is 3.02. The molecular weight excluding hydrogens is 162 g/mol. The van der Waals surface area contributed by atoms with E-state index in [1.165, 1.54) is 12.2 Å². The van der Waals surface area contributed by atoms with Crippen molar-refractivity contribution in [3.8, 4) is 0 Å². The Morgan fingerprint density at radius 3 is 2.67 bits per heavy atom. The van der Waals surface area contributed by atoms with E-state index in [9.17, 15) is 19.7 Å². The molecule has 0 aliphatic heterocycles. The topological polar surface area (TPSA) is 77.3 Å². The summed E-state index contributed by atoms with van der Waals surface area (Å²) in [5.41, 5.74) is -0.760. The number of ketones is 1. The Labute approximate surface area is 67.5 Å². The van der Waals surface area contributed by atoms with Crippen LogP contribution in [0.5, 0.6) is 0 Å². The first-order valence-corrected chi connectivity index (χ1v) is 3.20. The summed E-state index contributed by atoms with van der Waals surface area (Å²) in [4.78, 5) is 30.6. The largest absolute Gasteiger partial charge is 0.322 e. The number of carbonyl (C=O) groups excluding carboxylic acids is 2. The quantitative estimate of drug-likeness (QED) is 0.335. The van der Waals surface area contributed by atoms with Crippen LogP contribution in [0.4, 0.5) is 0 Å². The first kappa shape index (κ1) is 8.32. The Kier molecular flexibility index (Phi) is 2.14. The number of carbonyl (C=O) groups is 2. The SMILES string of the molecule is O=CC1=C([N+](=O)[O-])C(=O)CC=C1. The lowest BCUT2D eigenvalue weighted by Gasteiger charge is -2.01. The third-order valence-electron chi connectivity index (χ3n) is 1.45. The standard InChI is InChI=1S/C7H5NO4/c9-4-5-2-1-3-6(10)7(5)8(11)12/h1-2,4H,3H2. The molecule has 0 saturated heterocycles. The Bertz CT molecular complexity index is 313. The Balaban J connectivity index is 3.21. The highest BCUT2D eigenvalue weighted by atomic mass is 16.6. The van der Waals surface area contributed by atoms with Gasteiger partial charge in [0.25, 0.3) is 0 Å². The molecule has 0 saturated carbocycles. The molecule has 0 spiro atoms. The molecule has 0 unspecified atom stereocenters. The van der Waals surface area contributed by atoms with Crippen LogP contribution in [0.3, 0.4) is 0 Å². The minimum atomic E-state index is -0.824. The number of nitro groups is 1. The zero-order valence-corrected chi connectivity index (χ0v) is 6.02. The Morgan fingerprint density at radius 2 is 2.25 bits per heavy atom. The first-order valence-electron chi connectivity index (χ1n) is 3.20. The minimum Gasteiger partial charge on any atom is -0.298 e. The number of rotatable bonds is 2. The fourth-order valence-electron chi connectivity index (χ4n) is 0.932. The summed E-state index contributed by atoms with van der Waals surface area (Å²) in [5, 5.41) is 10.3. The van der Waals surface area contributed by atoms with Crippen LogP contribution in [0, 0.1) is 10.1 Å². The van der Waals surface area contributed by atoms with Crippen molar-refractivity contribution in [2.45, 2.75) is 6.42 Å². The van der Waals surface area contributed by atoms with Gasteiger partial charge in [0.2, 0.25) is 5.78 Å². The number of aldehydes is 1. The van der Waals surface area contributed by atoms with Crippen LogP contribution in [0.15, 0.2) is 23.4 Å². The molecule has 0 bridgehead atoms. The van der Waals surface area contributed by atoms with Crippen LogP contribution in [0.1, 0.15) is 6.42 Å². The maximum atomic E-state index is 10.9. The van der Waals surface area contributed by atoms with Gasteiger partial charge in [-0.3, -0.25) is 19.7 Å². The molecule has 0 aromatic heterocycles. The molecule has 0 aromatic carbocycles.